The van der Waals surface area contributed by atoms with Crippen molar-refractivity contribution in [2.75, 3.05) is 32.6 Å². The van der Waals surface area contributed by atoms with Crippen molar-refractivity contribution in [2.24, 2.45) is 5.41 Å². The molecule has 5 rings (SSSR count). The SMILES string of the molecule is CCC12C=CCN3CCC4(c5ccc(OC)cc5NC4C(O)(C(=O)OC)C1)C32. The molecule has 150 valence electrons. The Morgan fingerprint density at radius 3 is 2.93 bits per heavy atom. The maximum Gasteiger partial charge on any atom is 0.340 e. The van der Waals surface area contributed by atoms with Crippen LogP contribution in [0.5, 0.6) is 5.75 Å². The van der Waals surface area contributed by atoms with Crippen LogP contribution >= 0.6 is 0 Å². The molecule has 1 saturated heterocycles. The molecule has 1 aliphatic carbocycles. The summed E-state index contributed by atoms with van der Waals surface area (Å²) in [6, 6.07) is 5.91. The Hall–Kier alpha value is -2.05. The molecule has 2 N–H and O–H groups in total. The summed E-state index contributed by atoms with van der Waals surface area (Å²) < 4.78 is 10.5. The molecule has 0 bridgehead atoms. The van der Waals surface area contributed by atoms with E-state index in [9.17, 15) is 9.90 Å². The standard InChI is InChI=1S/C22H28N2O4/c1-4-20-8-5-10-24-11-9-21(18(20)24)15-7-6-14(27-2)12-16(15)23-17(21)22(26,13-20)19(25)28-3/h5-8,12,17-18,23,26H,4,9-11,13H2,1-3H3. The number of hydrogen-bond donors (Lipinski definition) is 2. The van der Waals surface area contributed by atoms with Crippen molar-refractivity contribution in [2.45, 2.75) is 49.3 Å². The van der Waals surface area contributed by atoms with Gasteiger partial charge in [0.05, 0.1) is 20.3 Å². The molecule has 0 amide bonds. The van der Waals surface area contributed by atoms with Gasteiger partial charge < -0.3 is 19.9 Å². The molecule has 4 aliphatic rings. The van der Waals surface area contributed by atoms with E-state index < -0.39 is 17.6 Å². The summed E-state index contributed by atoms with van der Waals surface area (Å²) in [5.74, 6) is 0.218. The lowest BCUT2D eigenvalue weighted by molar-refractivity contribution is -0.179. The molecule has 1 saturated carbocycles. The molecule has 1 aromatic rings. The molecule has 5 atom stereocenters. The number of carbonyl (C=O) groups excluding carboxylic acids is 1. The zero-order chi connectivity index (χ0) is 19.7. The number of ether oxygens (including phenoxy) is 2. The van der Waals surface area contributed by atoms with Gasteiger partial charge in [0.15, 0.2) is 5.60 Å². The van der Waals surface area contributed by atoms with Gasteiger partial charge in [-0.3, -0.25) is 4.90 Å². The number of nitrogens with one attached hydrogen (secondary N) is 1. The highest BCUT2D eigenvalue weighted by molar-refractivity contribution is 5.84. The summed E-state index contributed by atoms with van der Waals surface area (Å²) in [6.07, 6.45) is 6.59. The topological polar surface area (TPSA) is 71.0 Å². The van der Waals surface area contributed by atoms with Crippen molar-refractivity contribution in [3.63, 3.8) is 0 Å². The van der Waals surface area contributed by atoms with Crippen molar-refractivity contribution in [1.82, 2.24) is 4.90 Å². The minimum Gasteiger partial charge on any atom is -0.497 e. The van der Waals surface area contributed by atoms with E-state index in [-0.39, 0.29) is 16.9 Å². The summed E-state index contributed by atoms with van der Waals surface area (Å²) in [4.78, 5) is 15.5. The van der Waals surface area contributed by atoms with Crippen LogP contribution in [0.15, 0.2) is 30.4 Å². The van der Waals surface area contributed by atoms with Crippen LogP contribution in [0.3, 0.4) is 0 Å². The van der Waals surface area contributed by atoms with Crippen LogP contribution in [0.4, 0.5) is 5.69 Å². The maximum atomic E-state index is 12.9. The van der Waals surface area contributed by atoms with Crippen LogP contribution < -0.4 is 10.1 Å². The maximum absolute atomic E-state index is 12.9. The van der Waals surface area contributed by atoms with Crippen LogP contribution in [0.25, 0.3) is 0 Å². The Morgan fingerprint density at radius 2 is 2.21 bits per heavy atom. The van der Waals surface area contributed by atoms with Crippen LogP contribution in [-0.2, 0) is 14.9 Å². The van der Waals surface area contributed by atoms with Crippen molar-refractivity contribution in [3.05, 3.63) is 35.9 Å². The molecule has 3 aliphatic heterocycles. The highest BCUT2D eigenvalue weighted by Gasteiger charge is 2.73. The lowest BCUT2D eigenvalue weighted by Gasteiger charge is -2.59. The number of rotatable bonds is 3. The minimum absolute atomic E-state index is 0.243. The number of esters is 1. The number of aliphatic hydroxyl groups is 1. The smallest absolute Gasteiger partial charge is 0.340 e. The van der Waals surface area contributed by atoms with Gasteiger partial charge in [-0.2, -0.15) is 0 Å². The van der Waals surface area contributed by atoms with Gasteiger partial charge in [-0.25, -0.2) is 4.79 Å². The number of nitrogens with zero attached hydrogens (tertiary/aromatic N) is 1. The van der Waals surface area contributed by atoms with Crippen LogP contribution in [0, 0.1) is 5.41 Å². The number of hydrogen-bond acceptors (Lipinski definition) is 6. The zero-order valence-electron chi connectivity index (χ0n) is 16.7. The molecular weight excluding hydrogens is 356 g/mol. The fourth-order valence-electron chi connectivity index (χ4n) is 6.81. The van der Waals surface area contributed by atoms with Gasteiger partial charge in [0.25, 0.3) is 0 Å². The van der Waals surface area contributed by atoms with E-state index in [0.29, 0.717) is 6.42 Å². The van der Waals surface area contributed by atoms with Crippen molar-refractivity contribution in [1.29, 1.82) is 0 Å². The normalized spacial score (nSPS) is 40.3. The lowest BCUT2D eigenvalue weighted by Crippen LogP contribution is -2.73. The molecule has 2 fully saturated rings. The molecule has 3 heterocycles. The predicted molar refractivity (Wildman–Crippen MR) is 106 cm³/mol. The van der Waals surface area contributed by atoms with Gasteiger partial charge in [0.1, 0.15) is 5.75 Å². The first-order valence-electron chi connectivity index (χ1n) is 10.1. The summed E-state index contributed by atoms with van der Waals surface area (Å²) in [7, 11) is 3.01. The van der Waals surface area contributed by atoms with E-state index in [1.807, 2.05) is 12.1 Å². The first-order chi connectivity index (χ1) is 13.4. The summed E-state index contributed by atoms with van der Waals surface area (Å²) in [6.45, 7) is 4.04. The second kappa shape index (κ2) is 5.74. The summed E-state index contributed by atoms with van der Waals surface area (Å²) in [5, 5.41) is 15.4. The molecule has 6 heteroatoms. The molecule has 1 spiro atoms. The molecule has 5 unspecified atom stereocenters. The number of benzene rings is 1. The van der Waals surface area contributed by atoms with Gasteiger partial charge in [-0.15, -0.1) is 0 Å². The third-order valence-electron chi connectivity index (χ3n) is 7.82. The molecule has 28 heavy (non-hydrogen) atoms. The van der Waals surface area contributed by atoms with E-state index in [4.69, 9.17) is 9.47 Å². The lowest BCUT2D eigenvalue weighted by atomic mass is 9.49. The highest BCUT2D eigenvalue weighted by Crippen LogP contribution is 2.65. The third kappa shape index (κ3) is 1.93. The minimum atomic E-state index is -1.59. The second-order valence-electron chi connectivity index (χ2n) is 8.76. The van der Waals surface area contributed by atoms with Gasteiger partial charge in [-0.1, -0.05) is 25.1 Å². The van der Waals surface area contributed by atoms with Crippen molar-refractivity contribution < 1.29 is 19.4 Å². The Labute approximate surface area is 165 Å². The fraction of sp³-hybridized carbons (Fsp3) is 0.591. The first-order valence-corrected chi connectivity index (χ1v) is 10.1. The summed E-state index contributed by atoms with van der Waals surface area (Å²) in [5.41, 5.74) is -0.0671. The zero-order valence-corrected chi connectivity index (χ0v) is 16.7. The van der Waals surface area contributed by atoms with Crippen molar-refractivity contribution >= 4 is 11.7 Å². The fourth-order valence-corrected chi connectivity index (χ4v) is 6.81. The Kier molecular flexibility index (Phi) is 3.69. The average Bonchev–Trinajstić information content (AvgIpc) is 3.28. The van der Waals surface area contributed by atoms with Crippen LogP contribution in [0.1, 0.15) is 31.7 Å². The van der Waals surface area contributed by atoms with Gasteiger partial charge in [0.2, 0.25) is 0 Å². The number of methoxy groups -OCH3 is 2. The highest BCUT2D eigenvalue weighted by atomic mass is 16.5. The van der Waals surface area contributed by atoms with E-state index in [1.54, 1.807) is 7.11 Å². The molecule has 0 aromatic heterocycles. The number of anilines is 1. The molecule has 0 radical (unpaired) electrons. The van der Waals surface area contributed by atoms with E-state index in [2.05, 4.69) is 35.4 Å². The van der Waals surface area contributed by atoms with Crippen molar-refractivity contribution in [3.8, 4) is 5.75 Å². The second-order valence-corrected chi connectivity index (χ2v) is 8.76. The van der Waals surface area contributed by atoms with Gasteiger partial charge in [-0.05, 0) is 37.4 Å². The quantitative estimate of drug-likeness (QED) is 0.614. The van der Waals surface area contributed by atoms with Gasteiger partial charge >= 0.3 is 5.97 Å². The van der Waals surface area contributed by atoms with E-state index >= 15 is 0 Å². The molecule has 6 nitrogen and oxygen atoms in total. The predicted octanol–water partition coefficient (Wildman–Crippen LogP) is 2.08. The summed E-state index contributed by atoms with van der Waals surface area (Å²) >= 11 is 0. The van der Waals surface area contributed by atoms with E-state index in [1.165, 1.54) is 12.7 Å². The number of fused-ring (bicyclic) bond motifs is 1. The average molecular weight is 384 g/mol. The Morgan fingerprint density at radius 1 is 1.39 bits per heavy atom. The third-order valence-corrected chi connectivity index (χ3v) is 7.82. The largest absolute Gasteiger partial charge is 0.497 e. The first kappa shape index (κ1) is 18.0. The monoisotopic (exact) mass is 384 g/mol. The molecular formula is C22H28N2O4. The Bertz CT molecular complexity index is 870. The molecule has 1 aromatic carbocycles. The van der Waals surface area contributed by atoms with Crippen LogP contribution in [-0.4, -0.2) is 61.0 Å². The van der Waals surface area contributed by atoms with Crippen LogP contribution in [0.2, 0.25) is 0 Å². The Balaban J connectivity index is 1.78. The van der Waals surface area contributed by atoms with E-state index in [0.717, 1.165) is 37.4 Å². The van der Waals surface area contributed by atoms with Gasteiger partial charge in [0, 0.05) is 35.2 Å². The number of carbonyl (C=O) groups is 1.